The van der Waals surface area contributed by atoms with Crippen LogP contribution in [0.15, 0.2) is 65.6 Å². The number of halogens is 1. The molecule has 0 spiro atoms. The summed E-state index contributed by atoms with van der Waals surface area (Å²) in [7, 11) is 3.09. The molecule has 2 heterocycles. The van der Waals surface area contributed by atoms with E-state index in [1.165, 1.54) is 19.3 Å². The highest BCUT2D eigenvalue weighted by Crippen LogP contribution is 2.39. The van der Waals surface area contributed by atoms with Crippen molar-refractivity contribution < 1.29 is 14.6 Å². The molecule has 2 unspecified atom stereocenters. The van der Waals surface area contributed by atoms with E-state index in [0.717, 1.165) is 58.2 Å². The Balaban J connectivity index is 1.41. The van der Waals surface area contributed by atoms with Crippen molar-refractivity contribution in [2.45, 2.75) is 51.3 Å². The van der Waals surface area contributed by atoms with Gasteiger partial charge in [0.25, 0.3) is 11.5 Å². The van der Waals surface area contributed by atoms with Gasteiger partial charge in [-0.2, -0.15) is 5.10 Å². The molecule has 1 aliphatic carbocycles. The van der Waals surface area contributed by atoms with E-state index in [1.54, 1.807) is 13.2 Å². The minimum atomic E-state index is -0.512. The molecule has 0 saturated heterocycles. The number of hydrogen-bond acceptors (Lipinski definition) is 7. The summed E-state index contributed by atoms with van der Waals surface area (Å²) in [5, 5.41) is 21.0. The SMILES string of the molecule is COc1nc(-c2cccc(-c3cccc(NC(=O)c4ccnn(C)c4=O)c3C)c2Cl)ccc1CNC1CCCCC1O. The number of carbonyl (C=O) groups is 1. The summed E-state index contributed by atoms with van der Waals surface area (Å²) in [6.07, 6.45) is 5.01. The minimum Gasteiger partial charge on any atom is -0.481 e. The first-order valence-corrected chi connectivity index (χ1v) is 14.3. The Kier molecular flexibility index (Phi) is 9.01. The van der Waals surface area contributed by atoms with Gasteiger partial charge in [0, 0.05) is 48.2 Å². The number of amides is 1. The molecule has 10 heteroatoms. The first-order valence-electron chi connectivity index (χ1n) is 14.0. The highest BCUT2D eigenvalue weighted by Gasteiger charge is 2.23. The fourth-order valence-corrected chi connectivity index (χ4v) is 5.71. The zero-order valence-corrected chi connectivity index (χ0v) is 24.6. The molecule has 2 aromatic heterocycles. The van der Waals surface area contributed by atoms with E-state index in [2.05, 4.69) is 15.7 Å². The summed E-state index contributed by atoms with van der Waals surface area (Å²) >= 11 is 7.00. The number of pyridine rings is 1. The monoisotopic (exact) mass is 587 g/mol. The lowest BCUT2D eigenvalue weighted by Crippen LogP contribution is -2.41. The standard InChI is InChI=1S/C32H34ClN5O4/c1-19-21(8-7-12-25(19)36-30(40)24-16-17-35-38(2)32(24)41)22-9-6-10-23(29(22)33)26-15-14-20(31(37-26)42-3)18-34-27-11-4-5-13-28(27)39/h6-10,12,14-17,27-28,34,39H,4-5,11,13,18H2,1-3H3,(H,36,40). The molecule has 5 rings (SSSR count). The van der Waals surface area contributed by atoms with Crippen LogP contribution in [-0.4, -0.2) is 45.0 Å². The predicted molar refractivity (Wildman–Crippen MR) is 164 cm³/mol. The molecule has 9 nitrogen and oxygen atoms in total. The molecule has 1 aliphatic rings. The first kappa shape index (κ1) is 29.4. The van der Waals surface area contributed by atoms with E-state index in [0.29, 0.717) is 28.8 Å². The van der Waals surface area contributed by atoms with Crippen LogP contribution in [-0.2, 0) is 13.6 Å². The quantitative estimate of drug-likeness (QED) is 0.262. The molecule has 3 N–H and O–H groups in total. The van der Waals surface area contributed by atoms with Crippen molar-refractivity contribution in [2.75, 3.05) is 12.4 Å². The number of aliphatic hydroxyl groups excluding tert-OH is 1. The second kappa shape index (κ2) is 12.9. The van der Waals surface area contributed by atoms with E-state index >= 15 is 0 Å². The van der Waals surface area contributed by atoms with Crippen molar-refractivity contribution in [1.82, 2.24) is 20.1 Å². The van der Waals surface area contributed by atoms with E-state index in [9.17, 15) is 14.7 Å². The Morgan fingerprint density at radius 3 is 2.60 bits per heavy atom. The number of ether oxygens (including phenoxy) is 1. The molecule has 1 amide bonds. The first-order chi connectivity index (χ1) is 20.3. The predicted octanol–water partition coefficient (Wildman–Crippen LogP) is 5.13. The Bertz CT molecular complexity index is 1670. The molecule has 218 valence electrons. The van der Waals surface area contributed by atoms with Crippen LogP contribution in [0.2, 0.25) is 5.02 Å². The molecular formula is C32H34ClN5O4. The summed E-state index contributed by atoms with van der Waals surface area (Å²) < 4.78 is 6.75. The normalized spacial score (nSPS) is 16.7. The average Bonchev–Trinajstić information content (AvgIpc) is 2.99. The number of nitrogens with one attached hydrogen (secondary N) is 2. The topological polar surface area (TPSA) is 118 Å². The van der Waals surface area contributed by atoms with Crippen molar-refractivity contribution >= 4 is 23.2 Å². The van der Waals surface area contributed by atoms with E-state index < -0.39 is 11.5 Å². The molecule has 0 aliphatic heterocycles. The van der Waals surface area contributed by atoms with Crippen LogP contribution < -0.4 is 20.9 Å². The fraction of sp³-hybridized carbons (Fsp3) is 0.312. The van der Waals surface area contributed by atoms with Crippen molar-refractivity contribution in [3.05, 3.63) is 92.9 Å². The number of methoxy groups -OCH3 is 1. The molecule has 2 atom stereocenters. The van der Waals surface area contributed by atoms with Gasteiger partial charge in [0.1, 0.15) is 5.56 Å². The average molecular weight is 588 g/mol. The Hall–Kier alpha value is -4.05. The third-order valence-corrected chi connectivity index (χ3v) is 8.22. The number of carbonyl (C=O) groups excluding carboxylic acids is 1. The van der Waals surface area contributed by atoms with Crippen LogP contribution >= 0.6 is 11.6 Å². The van der Waals surface area contributed by atoms with Crippen LogP contribution in [0.4, 0.5) is 5.69 Å². The zero-order valence-electron chi connectivity index (χ0n) is 23.9. The third-order valence-electron chi connectivity index (χ3n) is 7.81. The van der Waals surface area contributed by atoms with Crippen molar-refractivity contribution in [3.8, 4) is 28.3 Å². The van der Waals surface area contributed by atoms with Gasteiger partial charge in [0.05, 0.1) is 23.9 Å². The molecule has 0 radical (unpaired) electrons. The lowest BCUT2D eigenvalue weighted by molar-refractivity contribution is 0.0901. The van der Waals surface area contributed by atoms with E-state index in [4.69, 9.17) is 21.3 Å². The van der Waals surface area contributed by atoms with Gasteiger partial charge >= 0.3 is 0 Å². The second-order valence-corrected chi connectivity index (χ2v) is 10.9. The summed E-state index contributed by atoms with van der Waals surface area (Å²) in [5.41, 5.74) is 4.81. The maximum atomic E-state index is 12.9. The van der Waals surface area contributed by atoms with Crippen LogP contribution in [0.25, 0.3) is 22.4 Å². The summed E-state index contributed by atoms with van der Waals surface area (Å²) in [6.45, 7) is 2.43. The van der Waals surface area contributed by atoms with E-state index in [-0.39, 0.29) is 17.7 Å². The summed E-state index contributed by atoms with van der Waals surface area (Å²) in [6, 6.07) is 16.6. The molecule has 4 aromatic rings. The van der Waals surface area contributed by atoms with Gasteiger partial charge < -0.3 is 20.5 Å². The largest absolute Gasteiger partial charge is 0.481 e. The Morgan fingerprint density at radius 1 is 1.07 bits per heavy atom. The smallest absolute Gasteiger partial charge is 0.279 e. The molecule has 2 aromatic carbocycles. The van der Waals surface area contributed by atoms with Crippen LogP contribution in [0, 0.1) is 6.92 Å². The number of benzene rings is 2. The number of anilines is 1. The van der Waals surface area contributed by atoms with E-state index in [1.807, 2.05) is 49.4 Å². The van der Waals surface area contributed by atoms with Crippen LogP contribution in [0.1, 0.15) is 47.2 Å². The fourth-order valence-electron chi connectivity index (χ4n) is 5.39. The number of nitrogens with zero attached hydrogens (tertiary/aromatic N) is 3. The maximum absolute atomic E-state index is 12.9. The molecule has 0 bridgehead atoms. The lowest BCUT2D eigenvalue weighted by Gasteiger charge is -2.28. The Morgan fingerprint density at radius 2 is 1.81 bits per heavy atom. The van der Waals surface area contributed by atoms with Crippen molar-refractivity contribution in [2.24, 2.45) is 7.05 Å². The lowest BCUT2D eigenvalue weighted by atomic mass is 9.92. The number of aromatic nitrogens is 3. The molecular weight excluding hydrogens is 554 g/mol. The maximum Gasteiger partial charge on any atom is 0.279 e. The van der Waals surface area contributed by atoms with Gasteiger partial charge in [-0.25, -0.2) is 9.67 Å². The highest BCUT2D eigenvalue weighted by molar-refractivity contribution is 6.36. The van der Waals surface area contributed by atoms with Crippen LogP contribution in [0.3, 0.4) is 0 Å². The number of rotatable bonds is 8. The summed E-state index contributed by atoms with van der Waals surface area (Å²) in [4.78, 5) is 30.1. The van der Waals surface area contributed by atoms with Gasteiger partial charge in [-0.1, -0.05) is 60.8 Å². The number of aliphatic hydroxyl groups is 1. The van der Waals surface area contributed by atoms with Crippen molar-refractivity contribution in [3.63, 3.8) is 0 Å². The molecule has 42 heavy (non-hydrogen) atoms. The highest BCUT2D eigenvalue weighted by atomic mass is 35.5. The van der Waals surface area contributed by atoms with Gasteiger partial charge in [-0.05, 0) is 49.1 Å². The minimum absolute atomic E-state index is 0.00548. The van der Waals surface area contributed by atoms with Gasteiger partial charge in [0.15, 0.2) is 0 Å². The molecule has 1 fully saturated rings. The molecule has 1 saturated carbocycles. The van der Waals surface area contributed by atoms with Gasteiger partial charge in [-0.3, -0.25) is 9.59 Å². The second-order valence-electron chi connectivity index (χ2n) is 10.5. The van der Waals surface area contributed by atoms with Gasteiger partial charge in [-0.15, -0.1) is 0 Å². The Labute approximate surface area is 249 Å². The summed E-state index contributed by atoms with van der Waals surface area (Å²) in [5.74, 6) is -0.0168. The zero-order chi connectivity index (χ0) is 29.8. The number of hydrogen-bond donors (Lipinski definition) is 3. The third kappa shape index (κ3) is 6.09. The van der Waals surface area contributed by atoms with Gasteiger partial charge in [0.2, 0.25) is 5.88 Å². The van der Waals surface area contributed by atoms with Crippen molar-refractivity contribution in [1.29, 1.82) is 0 Å². The number of aryl methyl sites for hydroxylation is 1. The van der Waals surface area contributed by atoms with Crippen LogP contribution in [0.5, 0.6) is 5.88 Å².